The number of rotatable bonds is 3. The summed E-state index contributed by atoms with van der Waals surface area (Å²) < 4.78 is 9.86. The van der Waals surface area contributed by atoms with Gasteiger partial charge in [-0.25, -0.2) is 0 Å². The summed E-state index contributed by atoms with van der Waals surface area (Å²) in [4.78, 5) is 11.6. The Morgan fingerprint density at radius 3 is 3.00 bits per heavy atom. The van der Waals surface area contributed by atoms with Gasteiger partial charge in [0, 0.05) is 17.1 Å². The Morgan fingerprint density at radius 2 is 2.38 bits per heavy atom. The smallest absolute Gasteiger partial charge is 0.310 e. The Hall–Kier alpha value is -0.910. The fraction of sp³-hybridized carbons (Fsp3) is 0.800. The number of carbonyl (C=O) groups excluding carboxylic acids is 1. The molecule has 2 fully saturated rings. The number of ether oxygens (including phenoxy) is 2. The first-order valence-corrected chi connectivity index (χ1v) is 6.38. The van der Waals surface area contributed by atoms with E-state index >= 15 is 0 Å². The largest absolute Gasteiger partial charge is 0.597 e. The fourth-order valence-corrected chi connectivity index (χ4v) is 4.09. The summed E-state index contributed by atoms with van der Waals surface area (Å²) in [6, 6.07) is 0. The summed E-state index contributed by atoms with van der Waals surface area (Å²) in [6.45, 7) is 2.15. The van der Waals surface area contributed by atoms with E-state index < -0.39 is 6.08 Å². The minimum Gasteiger partial charge on any atom is -0.597 e. The molecule has 0 amide bonds. The SMILES string of the molecule is CCOC(=O)[C@H]1CS[C@@H]2C[C@H](OC(=N)[O-])[C@H]12. The average molecular weight is 244 g/mol. The van der Waals surface area contributed by atoms with Crippen LogP contribution < -0.4 is 5.11 Å². The molecule has 1 heterocycles. The third kappa shape index (κ3) is 1.98. The van der Waals surface area contributed by atoms with Crippen LogP contribution in [0.25, 0.3) is 0 Å². The van der Waals surface area contributed by atoms with Crippen molar-refractivity contribution in [1.82, 2.24) is 0 Å². The number of thioether (sulfide) groups is 1. The van der Waals surface area contributed by atoms with Crippen LogP contribution in [0, 0.1) is 17.2 Å². The van der Waals surface area contributed by atoms with E-state index in [1.54, 1.807) is 18.7 Å². The van der Waals surface area contributed by atoms with Crippen LogP contribution in [-0.2, 0) is 14.3 Å². The molecule has 6 heteroatoms. The molecule has 0 unspecified atom stereocenters. The van der Waals surface area contributed by atoms with Crippen molar-refractivity contribution >= 4 is 23.8 Å². The Balaban J connectivity index is 1.95. The van der Waals surface area contributed by atoms with Gasteiger partial charge in [0.2, 0.25) is 0 Å². The van der Waals surface area contributed by atoms with E-state index in [1.165, 1.54) is 0 Å². The second kappa shape index (κ2) is 4.53. The van der Waals surface area contributed by atoms with Crippen molar-refractivity contribution < 1.29 is 19.4 Å². The molecule has 16 heavy (non-hydrogen) atoms. The summed E-state index contributed by atoms with van der Waals surface area (Å²) in [7, 11) is 0. The zero-order valence-corrected chi connectivity index (χ0v) is 9.79. The van der Waals surface area contributed by atoms with E-state index in [2.05, 4.69) is 0 Å². The quantitative estimate of drug-likeness (QED) is 0.428. The Kier molecular flexibility index (Phi) is 3.28. The zero-order chi connectivity index (χ0) is 11.7. The van der Waals surface area contributed by atoms with Gasteiger partial charge in [-0.2, -0.15) is 11.8 Å². The van der Waals surface area contributed by atoms with Gasteiger partial charge in [0.1, 0.15) is 6.08 Å². The summed E-state index contributed by atoms with van der Waals surface area (Å²) in [5.41, 5.74) is 0. The van der Waals surface area contributed by atoms with Crippen LogP contribution in [0.15, 0.2) is 0 Å². The highest BCUT2D eigenvalue weighted by molar-refractivity contribution is 8.00. The van der Waals surface area contributed by atoms with Gasteiger partial charge in [-0.3, -0.25) is 10.2 Å². The number of esters is 1. The highest BCUT2D eigenvalue weighted by Crippen LogP contribution is 2.51. The molecule has 2 rings (SSSR count). The molecule has 1 N–H and O–H groups in total. The van der Waals surface area contributed by atoms with Gasteiger partial charge in [0.25, 0.3) is 0 Å². The molecule has 1 aliphatic heterocycles. The topological polar surface area (TPSA) is 82.4 Å². The minimum absolute atomic E-state index is 0.0540. The first-order chi connectivity index (χ1) is 7.63. The highest BCUT2D eigenvalue weighted by atomic mass is 32.2. The second-order valence-corrected chi connectivity index (χ2v) is 5.26. The van der Waals surface area contributed by atoms with Gasteiger partial charge < -0.3 is 14.6 Å². The van der Waals surface area contributed by atoms with Crippen molar-refractivity contribution in [1.29, 1.82) is 5.41 Å². The third-order valence-electron chi connectivity index (χ3n) is 3.13. The lowest BCUT2D eigenvalue weighted by Crippen LogP contribution is -2.49. The minimum atomic E-state index is -1.01. The molecule has 1 saturated heterocycles. The van der Waals surface area contributed by atoms with Crippen molar-refractivity contribution in [2.75, 3.05) is 12.4 Å². The van der Waals surface area contributed by atoms with Crippen LogP contribution in [0.3, 0.4) is 0 Å². The molecule has 1 aliphatic carbocycles. The van der Waals surface area contributed by atoms with Gasteiger partial charge in [-0.15, -0.1) is 0 Å². The molecular weight excluding hydrogens is 230 g/mol. The molecule has 0 bridgehead atoms. The molecular formula is C10H14NO4S-. The van der Waals surface area contributed by atoms with Crippen LogP contribution in [0.5, 0.6) is 0 Å². The standard InChI is InChI=1S/C10H15NO4S/c1-2-14-9(12)5-4-16-7-3-6(8(5)7)15-10(11)13/h5-8H,2-4H2,1H3,(H2,11,13)/p-1/t5-,6-,7+,8-/m0/s1. The van der Waals surface area contributed by atoms with Crippen LogP contribution in [0.1, 0.15) is 13.3 Å². The normalized spacial score (nSPS) is 36.1. The molecule has 1 saturated carbocycles. The van der Waals surface area contributed by atoms with Crippen molar-refractivity contribution in [2.45, 2.75) is 24.7 Å². The molecule has 5 nitrogen and oxygen atoms in total. The summed E-state index contributed by atoms with van der Waals surface area (Å²) >= 11 is 1.73. The number of hydrogen-bond donors (Lipinski definition) is 1. The third-order valence-corrected chi connectivity index (χ3v) is 4.61. The maximum Gasteiger partial charge on any atom is 0.310 e. The van der Waals surface area contributed by atoms with E-state index in [0.717, 1.165) is 12.2 Å². The number of hydrogen-bond acceptors (Lipinski definition) is 6. The van der Waals surface area contributed by atoms with Crippen molar-refractivity contribution in [3.8, 4) is 0 Å². The number of fused-ring (bicyclic) bond motifs is 1. The Morgan fingerprint density at radius 1 is 1.62 bits per heavy atom. The molecule has 2 aliphatic rings. The lowest BCUT2D eigenvalue weighted by Gasteiger charge is -2.45. The lowest BCUT2D eigenvalue weighted by molar-refractivity contribution is -0.263. The van der Waals surface area contributed by atoms with Gasteiger partial charge in [-0.1, -0.05) is 0 Å². The molecule has 0 spiro atoms. The average Bonchev–Trinajstić information content (AvgIpc) is 2.52. The second-order valence-electron chi connectivity index (χ2n) is 3.99. The number of carbonyl (C=O) groups is 1. The Bertz CT molecular complexity index is 309. The molecule has 90 valence electrons. The van der Waals surface area contributed by atoms with Gasteiger partial charge in [-0.05, 0) is 19.3 Å². The maximum absolute atomic E-state index is 11.6. The maximum atomic E-state index is 11.6. The van der Waals surface area contributed by atoms with Crippen LogP contribution in [-0.4, -0.2) is 35.8 Å². The molecule has 0 aromatic heterocycles. The van der Waals surface area contributed by atoms with E-state index in [9.17, 15) is 9.90 Å². The summed E-state index contributed by atoms with van der Waals surface area (Å²) in [5, 5.41) is 17.7. The van der Waals surface area contributed by atoms with E-state index in [-0.39, 0.29) is 23.9 Å². The zero-order valence-electron chi connectivity index (χ0n) is 8.97. The summed E-state index contributed by atoms with van der Waals surface area (Å²) in [6.07, 6.45) is -0.516. The molecule has 4 atom stereocenters. The molecule has 0 radical (unpaired) electrons. The summed E-state index contributed by atoms with van der Waals surface area (Å²) in [5.74, 6) is 0.417. The molecule has 0 aromatic rings. The first-order valence-electron chi connectivity index (χ1n) is 5.34. The monoisotopic (exact) mass is 244 g/mol. The van der Waals surface area contributed by atoms with Gasteiger partial charge in [0.15, 0.2) is 0 Å². The van der Waals surface area contributed by atoms with Gasteiger partial charge in [0.05, 0.1) is 12.5 Å². The Labute approximate surface area is 98.0 Å². The van der Waals surface area contributed by atoms with Crippen LogP contribution in [0.2, 0.25) is 0 Å². The first kappa shape index (κ1) is 11.6. The van der Waals surface area contributed by atoms with E-state index in [0.29, 0.717) is 11.9 Å². The van der Waals surface area contributed by atoms with Crippen molar-refractivity contribution in [3.05, 3.63) is 0 Å². The predicted molar refractivity (Wildman–Crippen MR) is 57.1 cm³/mol. The predicted octanol–water partition coefficient (Wildman–Crippen LogP) is -0.0187. The fourth-order valence-electron chi connectivity index (χ4n) is 2.36. The highest BCUT2D eigenvalue weighted by Gasteiger charge is 2.52. The van der Waals surface area contributed by atoms with Crippen molar-refractivity contribution in [2.24, 2.45) is 11.8 Å². The van der Waals surface area contributed by atoms with E-state index in [1.807, 2.05) is 0 Å². The van der Waals surface area contributed by atoms with E-state index in [4.69, 9.17) is 14.9 Å². The lowest BCUT2D eigenvalue weighted by atomic mass is 9.73. The van der Waals surface area contributed by atoms with Crippen molar-refractivity contribution in [3.63, 3.8) is 0 Å². The van der Waals surface area contributed by atoms with Crippen LogP contribution in [0.4, 0.5) is 0 Å². The van der Waals surface area contributed by atoms with Crippen LogP contribution >= 0.6 is 11.8 Å². The van der Waals surface area contributed by atoms with Gasteiger partial charge >= 0.3 is 5.97 Å². The molecule has 0 aromatic carbocycles. The number of nitrogens with one attached hydrogen (secondary N) is 1.